The van der Waals surface area contributed by atoms with Crippen LogP contribution >= 0.6 is 15.9 Å². The van der Waals surface area contributed by atoms with Gasteiger partial charge in [0.2, 0.25) is 0 Å². The monoisotopic (exact) mass is 383 g/mol. The molecule has 0 saturated heterocycles. The number of halogens is 2. The molecule has 0 bridgehead atoms. The molecule has 0 saturated carbocycles. The fourth-order valence-electron chi connectivity index (χ4n) is 2.00. The van der Waals surface area contributed by atoms with Crippen LogP contribution in [-0.2, 0) is 18.0 Å². The molecule has 0 aliphatic rings. The van der Waals surface area contributed by atoms with E-state index < -0.39 is 24.9 Å². The van der Waals surface area contributed by atoms with Crippen LogP contribution in [0.3, 0.4) is 0 Å². The Hall–Kier alpha value is -1.96. The van der Waals surface area contributed by atoms with Gasteiger partial charge in [0.15, 0.2) is 6.61 Å². The topological polar surface area (TPSA) is 78.8 Å². The predicted molar refractivity (Wildman–Crippen MR) is 86.5 cm³/mol. The summed E-state index contributed by atoms with van der Waals surface area (Å²) >= 11 is 3.30. The first-order chi connectivity index (χ1) is 11.0. The van der Waals surface area contributed by atoms with Crippen molar-refractivity contribution in [3.05, 3.63) is 57.8 Å². The van der Waals surface area contributed by atoms with E-state index in [0.717, 1.165) is 16.6 Å². The summed E-state index contributed by atoms with van der Waals surface area (Å²) in [6, 6.07) is 9.20. The second kappa shape index (κ2) is 8.05. The van der Waals surface area contributed by atoms with Crippen LogP contribution in [0.25, 0.3) is 0 Å². The number of hydrogen-bond donors (Lipinski definition) is 3. The largest absolute Gasteiger partial charge is 0.483 e. The summed E-state index contributed by atoms with van der Waals surface area (Å²) in [6.45, 7) is -1.26. The molecule has 0 fully saturated rings. The highest BCUT2D eigenvalue weighted by Crippen LogP contribution is 2.26. The highest BCUT2D eigenvalue weighted by Gasteiger charge is 2.13. The maximum atomic E-state index is 13.3. The van der Waals surface area contributed by atoms with E-state index in [2.05, 4.69) is 21.2 Å². The molecule has 7 heteroatoms. The number of carbonyl (C=O) groups excluding carboxylic acids is 1. The Morgan fingerprint density at radius 3 is 2.22 bits per heavy atom. The molecule has 0 atom stereocenters. The molecule has 23 heavy (non-hydrogen) atoms. The van der Waals surface area contributed by atoms with Gasteiger partial charge in [-0.1, -0.05) is 15.9 Å². The Kier molecular flexibility index (Phi) is 6.09. The van der Waals surface area contributed by atoms with Crippen LogP contribution in [0, 0.1) is 5.82 Å². The summed E-state index contributed by atoms with van der Waals surface area (Å²) < 4.78 is 19.6. The van der Waals surface area contributed by atoms with Crippen LogP contribution in [-0.4, -0.2) is 22.7 Å². The highest BCUT2D eigenvalue weighted by molar-refractivity contribution is 9.10. The van der Waals surface area contributed by atoms with E-state index in [9.17, 15) is 19.4 Å². The van der Waals surface area contributed by atoms with Gasteiger partial charge in [-0.25, -0.2) is 4.39 Å². The van der Waals surface area contributed by atoms with Gasteiger partial charge in [0.1, 0.15) is 11.6 Å². The van der Waals surface area contributed by atoms with Gasteiger partial charge in [0, 0.05) is 21.3 Å². The van der Waals surface area contributed by atoms with Crippen molar-refractivity contribution in [3.63, 3.8) is 0 Å². The number of carbonyl (C=O) groups is 1. The lowest BCUT2D eigenvalue weighted by atomic mass is 10.1. The molecule has 2 aromatic carbocycles. The van der Waals surface area contributed by atoms with Crippen molar-refractivity contribution in [3.8, 4) is 5.75 Å². The zero-order valence-electron chi connectivity index (χ0n) is 12.1. The van der Waals surface area contributed by atoms with E-state index in [1.807, 2.05) is 0 Å². The number of anilines is 1. The van der Waals surface area contributed by atoms with Crippen molar-refractivity contribution in [2.45, 2.75) is 13.2 Å². The average Bonchev–Trinajstić information content (AvgIpc) is 2.54. The maximum absolute atomic E-state index is 13.3. The van der Waals surface area contributed by atoms with E-state index in [0.29, 0.717) is 5.69 Å². The highest BCUT2D eigenvalue weighted by atomic mass is 79.9. The summed E-state index contributed by atoms with van der Waals surface area (Å²) in [5, 5.41) is 21.2. The van der Waals surface area contributed by atoms with E-state index in [1.165, 1.54) is 0 Å². The third-order valence-electron chi connectivity index (χ3n) is 3.02. The van der Waals surface area contributed by atoms with Gasteiger partial charge in [0.25, 0.3) is 5.91 Å². The minimum Gasteiger partial charge on any atom is -0.483 e. The number of rotatable bonds is 6. The van der Waals surface area contributed by atoms with E-state index in [1.54, 1.807) is 24.3 Å². The number of hydrogen-bond acceptors (Lipinski definition) is 4. The third kappa shape index (κ3) is 4.75. The van der Waals surface area contributed by atoms with Crippen LogP contribution < -0.4 is 10.1 Å². The molecule has 0 unspecified atom stereocenters. The Bertz CT molecular complexity index is 666. The number of amides is 1. The molecule has 1 amide bonds. The molecule has 0 heterocycles. The Morgan fingerprint density at radius 2 is 1.70 bits per heavy atom. The average molecular weight is 384 g/mol. The van der Waals surface area contributed by atoms with Crippen molar-refractivity contribution in [1.29, 1.82) is 0 Å². The summed E-state index contributed by atoms with van der Waals surface area (Å²) in [5.74, 6) is -0.892. The standard InChI is InChI=1S/C16H15BrFNO4/c17-12-1-3-14(4-2-12)19-15(22)9-23-16-10(7-20)5-13(18)6-11(16)8-21/h1-6,20-21H,7-9H2,(H,19,22). The molecular weight excluding hydrogens is 369 g/mol. The summed E-state index contributed by atoms with van der Waals surface area (Å²) in [5.41, 5.74) is 0.946. The minimum atomic E-state index is -0.593. The second-order valence-corrected chi connectivity index (χ2v) is 5.63. The van der Waals surface area contributed by atoms with E-state index in [4.69, 9.17) is 4.74 Å². The molecule has 2 rings (SSSR count). The Labute approximate surface area is 140 Å². The maximum Gasteiger partial charge on any atom is 0.262 e. The predicted octanol–water partition coefficient (Wildman–Crippen LogP) is 2.59. The first-order valence-electron chi connectivity index (χ1n) is 6.74. The van der Waals surface area contributed by atoms with Gasteiger partial charge in [-0.05, 0) is 36.4 Å². The normalized spacial score (nSPS) is 10.4. The van der Waals surface area contributed by atoms with Crippen LogP contribution in [0.1, 0.15) is 11.1 Å². The minimum absolute atomic E-state index is 0.113. The van der Waals surface area contributed by atoms with Gasteiger partial charge in [-0.15, -0.1) is 0 Å². The van der Waals surface area contributed by atoms with Crippen LogP contribution in [0.4, 0.5) is 10.1 Å². The van der Waals surface area contributed by atoms with Crippen LogP contribution in [0.5, 0.6) is 5.75 Å². The number of nitrogens with one attached hydrogen (secondary N) is 1. The van der Waals surface area contributed by atoms with Crippen molar-refractivity contribution in [2.75, 3.05) is 11.9 Å². The molecule has 0 radical (unpaired) electrons. The van der Waals surface area contributed by atoms with Crippen LogP contribution in [0.2, 0.25) is 0 Å². The van der Waals surface area contributed by atoms with Gasteiger partial charge >= 0.3 is 0 Å². The van der Waals surface area contributed by atoms with Gasteiger partial charge in [0.05, 0.1) is 13.2 Å². The number of ether oxygens (including phenoxy) is 1. The number of aliphatic hydroxyl groups excluding tert-OH is 2. The second-order valence-electron chi connectivity index (χ2n) is 4.71. The lowest BCUT2D eigenvalue weighted by Gasteiger charge is -2.14. The molecule has 2 aromatic rings. The Balaban J connectivity index is 2.05. The molecular formula is C16H15BrFNO4. The van der Waals surface area contributed by atoms with E-state index in [-0.39, 0.29) is 23.5 Å². The fraction of sp³-hybridized carbons (Fsp3) is 0.188. The summed E-state index contributed by atoms with van der Waals surface area (Å²) in [4.78, 5) is 11.9. The molecule has 5 nitrogen and oxygen atoms in total. The first-order valence-corrected chi connectivity index (χ1v) is 7.54. The molecule has 3 N–H and O–H groups in total. The molecule has 0 aliphatic carbocycles. The first kappa shape index (κ1) is 17.4. The zero-order chi connectivity index (χ0) is 16.8. The molecule has 0 aliphatic heterocycles. The zero-order valence-corrected chi connectivity index (χ0v) is 13.6. The third-order valence-corrected chi connectivity index (χ3v) is 3.55. The number of benzene rings is 2. The van der Waals surface area contributed by atoms with Gasteiger partial charge in [-0.3, -0.25) is 4.79 Å². The van der Waals surface area contributed by atoms with Crippen molar-refractivity contribution in [1.82, 2.24) is 0 Å². The number of aliphatic hydroxyl groups is 2. The van der Waals surface area contributed by atoms with Gasteiger partial charge < -0.3 is 20.3 Å². The van der Waals surface area contributed by atoms with Crippen molar-refractivity contribution >= 4 is 27.5 Å². The molecule has 0 spiro atoms. The Morgan fingerprint density at radius 1 is 1.13 bits per heavy atom. The quantitative estimate of drug-likeness (QED) is 0.716. The fourth-order valence-corrected chi connectivity index (χ4v) is 2.26. The molecule has 122 valence electrons. The lowest BCUT2D eigenvalue weighted by Crippen LogP contribution is -2.21. The smallest absolute Gasteiger partial charge is 0.262 e. The van der Waals surface area contributed by atoms with Crippen LogP contribution in [0.15, 0.2) is 40.9 Å². The van der Waals surface area contributed by atoms with E-state index >= 15 is 0 Å². The SMILES string of the molecule is O=C(COc1c(CO)cc(F)cc1CO)Nc1ccc(Br)cc1. The van der Waals surface area contributed by atoms with Gasteiger partial charge in [-0.2, -0.15) is 0 Å². The summed E-state index contributed by atoms with van der Waals surface area (Å²) in [6.07, 6.45) is 0. The van der Waals surface area contributed by atoms with Crippen molar-refractivity contribution < 1.29 is 24.1 Å². The lowest BCUT2D eigenvalue weighted by molar-refractivity contribution is -0.118. The van der Waals surface area contributed by atoms with Crippen molar-refractivity contribution in [2.24, 2.45) is 0 Å². The summed E-state index contributed by atoms with van der Waals surface area (Å²) in [7, 11) is 0. The molecule has 0 aromatic heterocycles.